The molecule has 1 N–H and O–H groups in total. The van der Waals surface area contributed by atoms with E-state index in [0.29, 0.717) is 6.04 Å². The van der Waals surface area contributed by atoms with E-state index in [2.05, 4.69) is 30.6 Å². The fourth-order valence-corrected chi connectivity index (χ4v) is 2.69. The third kappa shape index (κ3) is 1.59. The maximum atomic E-state index is 4.37. The average Bonchev–Trinajstić information content (AvgIpc) is 2.77. The van der Waals surface area contributed by atoms with Crippen LogP contribution in [0.2, 0.25) is 0 Å². The minimum Gasteiger partial charge on any atom is -0.307 e. The van der Waals surface area contributed by atoms with E-state index in [4.69, 9.17) is 0 Å². The Hall–Kier alpha value is -0.830. The van der Waals surface area contributed by atoms with Crippen molar-refractivity contribution in [3.8, 4) is 0 Å². The van der Waals surface area contributed by atoms with Crippen molar-refractivity contribution in [3.63, 3.8) is 0 Å². The maximum Gasteiger partial charge on any atom is 0.0540 e. The SMILES string of the molecule is CC1CC1NC1CCCc2c1cnn2C. The molecule has 1 fully saturated rings. The number of aryl methyl sites for hydroxylation is 1. The van der Waals surface area contributed by atoms with Crippen LogP contribution >= 0.6 is 0 Å². The van der Waals surface area contributed by atoms with Gasteiger partial charge in [0.05, 0.1) is 6.20 Å². The number of hydrogen-bond donors (Lipinski definition) is 1. The van der Waals surface area contributed by atoms with E-state index >= 15 is 0 Å². The molecule has 0 amide bonds. The first kappa shape index (κ1) is 9.40. The molecule has 1 aromatic rings. The molecule has 2 aliphatic carbocycles. The Morgan fingerprint density at radius 2 is 2.33 bits per heavy atom. The van der Waals surface area contributed by atoms with Crippen molar-refractivity contribution < 1.29 is 0 Å². The molecular weight excluding hydrogens is 186 g/mol. The molecule has 3 atom stereocenters. The standard InChI is InChI=1S/C12H19N3/c1-8-6-11(8)14-10-4-3-5-12-9(10)7-13-15(12)2/h7-8,10-11,14H,3-6H2,1-2H3. The molecule has 1 heterocycles. The van der Waals surface area contributed by atoms with Gasteiger partial charge in [-0.3, -0.25) is 4.68 Å². The highest BCUT2D eigenvalue weighted by molar-refractivity contribution is 5.25. The van der Waals surface area contributed by atoms with Crippen LogP contribution in [0.1, 0.15) is 43.5 Å². The summed E-state index contributed by atoms with van der Waals surface area (Å²) in [5.74, 6) is 0.882. The van der Waals surface area contributed by atoms with Crippen LogP contribution in [0.5, 0.6) is 0 Å². The minimum atomic E-state index is 0.567. The molecule has 0 bridgehead atoms. The van der Waals surface area contributed by atoms with Crippen LogP contribution in [-0.2, 0) is 13.5 Å². The monoisotopic (exact) mass is 205 g/mol. The van der Waals surface area contributed by atoms with E-state index in [-0.39, 0.29) is 0 Å². The Bertz CT molecular complexity index is 369. The second-order valence-electron chi connectivity index (χ2n) is 5.10. The van der Waals surface area contributed by atoms with Gasteiger partial charge in [0.25, 0.3) is 0 Å². The molecule has 0 aromatic carbocycles. The second-order valence-corrected chi connectivity index (χ2v) is 5.10. The first-order valence-electron chi connectivity index (χ1n) is 6.02. The zero-order chi connectivity index (χ0) is 10.4. The van der Waals surface area contributed by atoms with E-state index in [9.17, 15) is 0 Å². The highest BCUT2D eigenvalue weighted by Gasteiger charge is 2.35. The number of aromatic nitrogens is 2. The summed E-state index contributed by atoms with van der Waals surface area (Å²) in [4.78, 5) is 0. The van der Waals surface area contributed by atoms with Gasteiger partial charge in [0.1, 0.15) is 0 Å². The Morgan fingerprint density at radius 1 is 1.53 bits per heavy atom. The largest absolute Gasteiger partial charge is 0.307 e. The molecule has 0 spiro atoms. The molecular formula is C12H19N3. The summed E-state index contributed by atoms with van der Waals surface area (Å²) < 4.78 is 2.04. The summed E-state index contributed by atoms with van der Waals surface area (Å²) in [6.45, 7) is 2.32. The lowest BCUT2D eigenvalue weighted by molar-refractivity contribution is 0.442. The normalized spacial score (nSPS) is 33.9. The topological polar surface area (TPSA) is 29.9 Å². The van der Waals surface area contributed by atoms with Crippen molar-refractivity contribution in [3.05, 3.63) is 17.5 Å². The van der Waals surface area contributed by atoms with E-state index < -0.39 is 0 Å². The third-order valence-corrected chi connectivity index (χ3v) is 3.90. The molecule has 3 heteroatoms. The smallest absolute Gasteiger partial charge is 0.0540 e. The van der Waals surface area contributed by atoms with Crippen LogP contribution < -0.4 is 5.32 Å². The Balaban J connectivity index is 1.80. The summed E-state index contributed by atoms with van der Waals surface area (Å²) in [6.07, 6.45) is 7.18. The Morgan fingerprint density at radius 3 is 3.07 bits per heavy atom. The molecule has 82 valence electrons. The number of nitrogens with one attached hydrogen (secondary N) is 1. The van der Waals surface area contributed by atoms with Gasteiger partial charge in [-0.2, -0.15) is 5.10 Å². The van der Waals surface area contributed by atoms with Gasteiger partial charge in [-0.25, -0.2) is 0 Å². The number of fused-ring (bicyclic) bond motifs is 1. The van der Waals surface area contributed by atoms with Crippen molar-refractivity contribution in [2.24, 2.45) is 13.0 Å². The Kier molecular flexibility index (Phi) is 2.09. The lowest BCUT2D eigenvalue weighted by atomic mass is 9.93. The summed E-state index contributed by atoms with van der Waals surface area (Å²) >= 11 is 0. The van der Waals surface area contributed by atoms with Crippen molar-refractivity contribution in [2.45, 2.75) is 44.7 Å². The molecule has 2 aliphatic rings. The van der Waals surface area contributed by atoms with E-state index in [1.54, 1.807) is 0 Å². The molecule has 3 rings (SSSR count). The lowest BCUT2D eigenvalue weighted by Crippen LogP contribution is -2.27. The third-order valence-electron chi connectivity index (χ3n) is 3.90. The van der Waals surface area contributed by atoms with Crippen LogP contribution in [-0.4, -0.2) is 15.8 Å². The summed E-state index contributed by atoms with van der Waals surface area (Å²) in [6, 6.07) is 1.33. The van der Waals surface area contributed by atoms with Gasteiger partial charge in [-0.05, 0) is 31.6 Å². The zero-order valence-electron chi connectivity index (χ0n) is 9.53. The highest BCUT2D eigenvalue weighted by atomic mass is 15.3. The van der Waals surface area contributed by atoms with Crippen LogP contribution in [0.3, 0.4) is 0 Å². The summed E-state index contributed by atoms with van der Waals surface area (Å²) in [5, 5.41) is 8.13. The molecule has 15 heavy (non-hydrogen) atoms. The summed E-state index contributed by atoms with van der Waals surface area (Å²) in [7, 11) is 2.06. The van der Waals surface area contributed by atoms with E-state index in [1.807, 2.05) is 4.68 Å². The highest BCUT2D eigenvalue weighted by Crippen LogP contribution is 2.35. The summed E-state index contributed by atoms with van der Waals surface area (Å²) in [5.41, 5.74) is 2.88. The molecule has 0 radical (unpaired) electrons. The quantitative estimate of drug-likeness (QED) is 0.798. The molecule has 0 saturated heterocycles. The first-order chi connectivity index (χ1) is 7.25. The molecule has 3 nitrogen and oxygen atoms in total. The van der Waals surface area contributed by atoms with Crippen LogP contribution in [0, 0.1) is 5.92 Å². The Labute approximate surface area is 90.9 Å². The van der Waals surface area contributed by atoms with Crippen molar-refractivity contribution >= 4 is 0 Å². The molecule has 0 aliphatic heterocycles. The predicted molar refractivity (Wildman–Crippen MR) is 59.6 cm³/mol. The molecule has 1 saturated carbocycles. The van der Waals surface area contributed by atoms with Crippen molar-refractivity contribution in [1.82, 2.24) is 15.1 Å². The van der Waals surface area contributed by atoms with Crippen LogP contribution in [0.4, 0.5) is 0 Å². The second kappa shape index (κ2) is 3.34. The molecule has 3 unspecified atom stereocenters. The van der Waals surface area contributed by atoms with E-state index in [0.717, 1.165) is 12.0 Å². The number of hydrogen-bond acceptors (Lipinski definition) is 2. The van der Waals surface area contributed by atoms with Crippen molar-refractivity contribution in [1.29, 1.82) is 0 Å². The van der Waals surface area contributed by atoms with Gasteiger partial charge >= 0.3 is 0 Å². The van der Waals surface area contributed by atoms with Gasteiger partial charge in [0, 0.05) is 30.4 Å². The van der Waals surface area contributed by atoms with Crippen LogP contribution in [0.25, 0.3) is 0 Å². The zero-order valence-corrected chi connectivity index (χ0v) is 9.53. The maximum absolute atomic E-state index is 4.37. The fourth-order valence-electron chi connectivity index (χ4n) is 2.69. The van der Waals surface area contributed by atoms with Crippen LogP contribution in [0.15, 0.2) is 6.20 Å². The first-order valence-corrected chi connectivity index (χ1v) is 6.02. The molecule has 1 aromatic heterocycles. The van der Waals surface area contributed by atoms with Gasteiger partial charge in [0.2, 0.25) is 0 Å². The fraction of sp³-hybridized carbons (Fsp3) is 0.750. The van der Waals surface area contributed by atoms with E-state index in [1.165, 1.54) is 36.9 Å². The van der Waals surface area contributed by atoms with Gasteiger partial charge in [0.15, 0.2) is 0 Å². The minimum absolute atomic E-state index is 0.567. The lowest BCUT2D eigenvalue weighted by Gasteiger charge is -2.24. The predicted octanol–water partition coefficient (Wildman–Crippen LogP) is 1.80. The average molecular weight is 205 g/mol. The van der Waals surface area contributed by atoms with Gasteiger partial charge < -0.3 is 5.32 Å². The van der Waals surface area contributed by atoms with Gasteiger partial charge in [-0.15, -0.1) is 0 Å². The van der Waals surface area contributed by atoms with Gasteiger partial charge in [-0.1, -0.05) is 6.92 Å². The van der Waals surface area contributed by atoms with Crippen molar-refractivity contribution in [2.75, 3.05) is 0 Å². The number of nitrogens with zero attached hydrogens (tertiary/aromatic N) is 2. The number of rotatable bonds is 2.